The summed E-state index contributed by atoms with van der Waals surface area (Å²) in [5.74, 6) is 0.106. The average molecular weight is 386 g/mol. The van der Waals surface area contributed by atoms with Crippen molar-refractivity contribution in [3.63, 3.8) is 0 Å². The molecule has 23 heavy (non-hydrogen) atoms. The lowest BCUT2D eigenvalue weighted by Crippen LogP contribution is -2.31. The van der Waals surface area contributed by atoms with Crippen molar-refractivity contribution in [1.29, 1.82) is 0 Å². The van der Waals surface area contributed by atoms with E-state index in [1.54, 1.807) is 11.3 Å². The van der Waals surface area contributed by atoms with Gasteiger partial charge in [0.05, 0.1) is 16.8 Å². The molecule has 1 heterocycles. The summed E-state index contributed by atoms with van der Waals surface area (Å²) >= 11 is 5.06. The molecule has 0 unspecified atom stereocenters. The zero-order chi connectivity index (χ0) is 16.1. The van der Waals surface area contributed by atoms with Crippen LogP contribution in [0.25, 0.3) is 0 Å². The Morgan fingerprint density at radius 3 is 2.17 bits per heavy atom. The van der Waals surface area contributed by atoms with Crippen LogP contribution in [0.5, 0.6) is 0 Å². The van der Waals surface area contributed by atoms with E-state index in [1.165, 1.54) is 0 Å². The molecular formula is C19H16BrNOS. The summed E-state index contributed by atoms with van der Waals surface area (Å²) in [5.41, 5.74) is 2.05. The van der Waals surface area contributed by atoms with Crippen molar-refractivity contribution < 1.29 is 4.79 Å². The second-order valence-corrected chi connectivity index (χ2v) is 7.73. The van der Waals surface area contributed by atoms with Crippen molar-refractivity contribution in [2.24, 2.45) is 0 Å². The maximum atomic E-state index is 12.8. The third-order valence-corrected chi connectivity index (χ3v) is 5.13. The van der Waals surface area contributed by atoms with Crippen LogP contribution in [-0.4, -0.2) is 5.91 Å². The molecule has 0 aliphatic rings. The molecule has 0 saturated heterocycles. The number of thiophene rings is 1. The number of carbonyl (C=O) groups is 1. The molecule has 3 aromatic rings. The van der Waals surface area contributed by atoms with Gasteiger partial charge < -0.3 is 4.90 Å². The van der Waals surface area contributed by atoms with Crippen LogP contribution in [0.2, 0.25) is 0 Å². The van der Waals surface area contributed by atoms with E-state index in [1.807, 2.05) is 77.7 Å². The topological polar surface area (TPSA) is 20.3 Å². The first-order valence-electron chi connectivity index (χ1n) is 7.36. The maximum Gasteiger partial charge on any atom is 0.232 e. The van der Waals surface area contributed by atoms with E-state index in [9.17, 15) is 4.79 Å². The van der Waals surface area contributed by atoms with Crippen molar-refractivity contribution in [2.45, 2.75) is 13.0 Å². The van der Waals surface area contributed by atoms with Gasteiger partial charge in [-0.1, -0.05) is 48.5 Å². The van der Waals surface area contributed by atoms with Crippen LogP contribution in [0.1, 0.15) is 10.4 Å². The summed E-state index contributed by atoms with van der Waals surface area (Å²) in [4.78, 5) is 15.8. The Bertz CT molecular complexity index is 770. The molecule has 0 saturated carbocycles. The molecule has 0 bridgehead atoms. The van der Waals surface area contributed by atoms with Crippen molar-refractivity contribution in [1.82, 2.24) is 0 Å². The Kier molecular flexibility index (Phi) is 5.26. The summed E-state index contributed by atoms with van der Waals surface area (Å²) in [5, 5.41) is 0. The number of nitrogens with zero attached hydrogens (tertiary/aromatic N) is 1. The molecule has 2 aromatic carbocycles. The quantitative estimate of drug-likeness (QED) is 0.584. The number of hydrogen-bond acceptors (Lipinski definition) is 2. The highest BCUT2D eigenvalue weighted by molar-refractivity contribution is 9.11. The molecule has 0 spiro atoms. The zero-order valence-electron chi connectivity index (χ0n) is 12.5. The lowest BCUT2D eigenvalue weighted by molar-refractivity contribution is -0.118. The molecule has 0 aliphatic carbocycles. The fraction of sp³-hybridized carbons (Fsp3) is 0.105. The molecule has 0 atom stereocenters. The molecule has 0 fully saturated rings. The van der Waals surface area contributed by atoms with Crippen LogP contribution in [0.3, 0.4) is 0 Å². The highest BCUT2D eigenvalue weighted by Gasteiger charge is 2.17. The van der Waals surface area contributed by atoms with Gasteiger partial charge >= 0.3 is 0 Å². The summed E-state index contributed by atoms with van der Waals surface area (Å²) < 4.78 is 1.05. The second-order valence-electron chi connectivity index (χ2n) is 5.18. The first kappa shape index (κ1) is 16.0. The van der Waals surface area contributed by atoms with Crippen molar-refractivity contribution in [2.75, 3.05) is 4.90 Å². The minimum atomic E-state index is 0.106. The van der Waals surface area contributed by atoms with E-state index in [0.29, 0.717) is 13.0 Å². The van der Waals surface area contributed by atoms with Gasteiger partial charge in [-0.2, -0.15) is 0 Å². The van der Waals surface area contributed by atoms with E-state index in [0.717, 1.165) is 19.9 Å². The van der Waals surface area contributed by atoms with Crippen LogP contribution in [0.15, 0.2) is 76.6 Å². The Balaban J connectivity index is 1.84. The fourth-order valence-corrected chi connectivity index (χ4v) is 3.86. The third kappa shape index (κ3) is 4.30. The Labute approximate surface area is 148 Å². The molecule has 2 nitrogen and oxygen atoms in total. The standard InChI is InChI=1S/C19H16BrNOS/c20-18-12-11-17(23-18)13-19(22)21(16-9-5-2-6-10-16)14-15-7-3-1-4-8-15/h1-12H,13-14H2. The SMILES string of the molecule is O=C(Cc1ccc(Br)s1)N(Cc1ccccc1)c1ccccc1. The van der Waals surface area contributed by atoms with Crippen LogP contribution in [0.4, 0.5) is 5.69 Å². The first-order valence-corrected chi connectivity index (χ1v) is 8.97. The molecule has 0 N–H and O–H groups in total. The van der Waals surface area contributed by atoms with E-state index in [4.69, 9.17) is 0 Å². The minimum Gasteiger partial charge on any atom is -0.308 e. The number of benzene rings is 2. The van der Waals surface area contributed by atoms with Crippen LogP contribution in [0, 0.1) is 0 Å². The van der Waals surface area contributed by atoms with Crippen molar-refractivity contribution >= 4 is 38.9 Å². The molecule has 0 aliphatic heterocycles. The molecule has 116 valence electrons. The Hall–Kier alpha value is -1.91. The van der Waals surface area contributed by atoms with Crippen LogP contribution < -0.4 is 4.90 Å². The van der Waals surface area contributed by atoms with Gasteiger partial charge in [0.25, 0.3) is 0 Å². The normalized spacial score (nSPS) is 10.5. The number of rotatable bonds is 5. The summed E-state index contributed by atoms with van der Waals surface area (Å²) in [6.07, 6.45) is 0.415. The van der Waals surface area contributed by atoms with Gasteiger partial charge in [0, 0.05) is 10.6 Å². The lowest BCUT2D eigenvalue weighted by Gasteiger charge is -2.23. The summed E-state index contributed by atoms with van der Waals surface area (Å²) in [7, 11) is 0. The highest BCUT2D eigenvalue weighted by Crippen LogP contribution is 2.24. The molecule has 3 rings (SSSR count). The van der Waals surface area contributed by atoms with E-state index in [-0.39, 0.29) is 5.91 Å². The smallest absolute Gasteiger partial charge is 0.232 e. The Morgan fingerprint density at radius 1 is 0.913 bits per heavy atom. The Morgan fingerprint density at radius 2 is 1.57 bits per heavy atom. The predicted octanol–water partition coefficient (Wildman–Crippen LogP) is 5.29. The van der Waals surface area contributed by atoms with Crippen LogP contribution >= 0.6 is 27.3 Å². The monoisotopic (exact) mass is 385 g/mol. The van der Waals surface area contributed by atoms with E-state index < -0.39 is 0 Å². The largest absolute Gasteiger partial charge is 0.308 e. The fourth-order valence-electron chi connectivity index (χ4n) is 2.39. The van der Waals surface area contributed by atoms with Gasteiger partial charge in [0.2, 0.25) is 5.91 Å². The van der Waals surface area contributed by atoms with Crippen molar-refractivity contribution in [3.8, 4) is 0 Å². The average Bonchev–Trinajstić information content (AvgIpc) is 2.99. The first-order chi connectivity index (χ1) is 11.2. The number of hydrogen-bond donors (Lipinski definition) is 0. The zero-order valence-corrected chi connectivity index (χ0v) is 14.9. The molecule has 1 amide bonds. The van der Waals surface area contributed by atoms with Gasteiger partial charge in [0.15, 0.2) is 0 Å². The van der Waals surface area contributed by atoms with Gasteiger partial charge in [-0.15, -0.1) is 11.3 Å². The van der Waals surface area contributed by atoms with Crippen molar-refractivity contribution in [3.05, 3.63) is 87.0 Å². The molecular weight excluding hydrogens is 370 g/mol. The minimum absolute atomic E-state index is 0.106. The van der Waals surface area contributed by atoms with Gasteiger partial charge in [-0.05, 0) is 45.8 Å². The number of amides is 1. The summed E-state index contributed by atoms with van der Waals surface area (Å²) in [6.45, 7) is 0.580. The molecule has 1 aromatic heterocycles. The number of anilines is 1. The number of para-hydroxylation sites is 1. The molecule has 4 heteroatoms. The van der Waals surface area contributed by atoms with Crippen LogP contribution in [-0.2, 0) is 17.8 Å². The number of carbonyl (C=O) groups excluding carboxylic acids is 1. The van der Waals surface area contributed by atoms with Gasteiger partial charge in [-0.3, -0.25) is 4.79 Å². The third-order valence-electron chi connectivity index (χ3n) is 3.51. The van der Waals surface area contributed by atoms with E-state index in [2.05, 4.69) is 15.9 Å². The number of halogens is 1. The maximum absolute atomic E-state index is 12.8. The van der Waals surface area contributed by atoms with E-state index >= 15 is 0 Å². The lowest BCUT2D eigenvalue weighted by atomic mass is 10.1. The van der Waals surface area contributed by atoms with Gasteiger partial charge in [-0.25, -0.2) is 0 Å². The molecule has 0 radical (unpaired) electrons. The van der Waals surface area contributed by atoms with Gasteiger partial charge in [0.1, 0.15) is 0 Å². The second kappa shape index (κ2) is 7.57. The summed E-state index contributed by atoms with van der Waals surface area (Å²) in [6, 6.07) is 23.9. The predicted molar refractivity (Wildman–Crippen MR) is 99.8 cm³/mol. The highest BCUT2D eigenvalue weighted by atomic mass is 79.9.